The van der Waals surface area contributed by atoms with E-state index in [-0.39, 0.29) is 6.61 Å². The molecule has 0 amide bonds. The van der Waals surface area contributed by atoms with E-state index in [2.05, 4.69) is 34.0 Å². The average molecular weight is 415 g/mol. The summed E-state index contributed by atoms with van der Waals surface area (Å²) in [6.07, 6.45) is 2.73. The maximum Gasteiger partial charge on any atom is 0.342 e. The fourth-order valence-electron chi connectivity index (χ4n) is 3.43. The Kier molecular flexibility index (Phi) is 7.10. The van der Waals surface area contributed by atoms with E-state index in [0.717, 1.165) is 25.3 Å². The second kappa shape index (κ2) is 9.75. The lowest BCUT2D eigenvalue weighted by Gasteiger charge is -2.27. The third kappa shape index (κ3) is 4.81. The van der Waals surface area contributed by atoms with Crippen LogP contribution in [0, 0.1) is 13.8 Å². The van der Waals surface area contributed by atoms with E-state index in [9.17, 15) is 4.79 Å². The standard InChI is InChI=1S/C22H30N4O4/c1-6-14(3)26(13-17-9-8-12-29-17)11-10-23-20-19-18(22(27)28-7-2)15(4)30-21(19)25-16(5)24-20/h8-9,12,14H,6-7,10-11,13H2,1-5H3,(H,23,24,25)/t14-/m1/s1. The lowest BCUT2D eigenvalue weighted by Crippen LogP contribution is -2.36. The molecule has 1 atom stereocenters. The lowest BCUT2D eigenvalue weighted by molar-refractivity contribution is 0.0526. The minimum atomic E-state index is -0.427. The van der Waals surface area contributed by atoms with Crippen LogP contribution in [0.4, 0.5) is 5.82 Å². The van der Waals surface area contributed by atoms with Crippen LogP contribution < -0.4 is 5.32 Å². The molecule has 0 saturated heterocycles. The van der Waals surface area contributed by atoms with E-state index in [0.29, 0.717) is 46.7 Å². The molecule has 3 rings (SSSR count). The molecule has 3 aromatic rings. The fraction of sp³-hybridized carbons (Fsp3) is 0.500. The Morgan fingerprint density at radius 3 is 2.77 bits per heavy atom. The third-order valence-electron chi connectivity index (χ3n) is 5.16. The van der Waals surface area contributed by atoms with Gasteiger partial charge in [-0.15, -0.1) is 0 Å². The number of carbonyl (C=O) groups excluding carboxylic acids is 1. The highest BCUT2D eigenvalue weighted by Gasteiger charge is 2.24. The predicted octanol–water partition coefficient (Wildman–Crippen LogP) is 4.32. The second-order valence-corrected chi connectivity index (χ2v) is 7.29. The van der Waals surface area contributed by atoms with Crippen LogP contribution in [-0.4, -0.2) is 46.6 Å². The van der Waals surface area contributed by atoms with Crippen LogP contribution in [0.25, 0.3) is 11.1 Å². The van der Waals surface area contributed by atoms with E-state index in [1.807, 2.05) is 12.1 Å². The molecule has 0 unspecified atom stereocenters. The number of carbonyl (C=O) groups is 1. The summed E-state index contributed by atoms with van der Waals surface area (Å²) in [5.74, 6) is 2.14. The molecular formula is C22H30N4O4. The first-order valence-electron chi connectivity index (χ1n) is 10.4. The Balaban J connectivity index is 1.81. The number of esters is 1. The highest BCUT2D eigenvalue weighted by atomic mass is 16.5. The van der Waals surface area contributed by atoms with Crippen LogP contribution in [0.15, 0.2) is 27.2 Å². The Hall–Kier alpha value is -2.87. The molecule has 3 aromatic heterocycles. The van der Waals surface area contributed by atoms with Gasteiger partial charge in [-0.1, -0.05) is 6.92 Å². The van der Waals surface area contributed by atoms with Crippen molar-refractivity contribution in [2.75, 3.05) is 25.0 Å². The van der Waals surface area contributed by atoms with Gasteiger partial charge in [0.1, 0.15) is 28.7 Å². The summed E-state index contributed by atoms with van der Waals surface area (Å²) in [6.45, 7) is 12.1. The molecule has 30 heavy (non-hydrogen) atoms. The Morgan fingerprint density at radius 2 is 2.10 bits per heavy atom. The van der Waals surface area contributed by atoms with Crippen LogP contribution in [-0.2, 0) is 11.3 Å². The summed E-state index contributed by atoms with van der Waals surface area (Å²) < 4.78 is 16.5. The van der Waals surface area contributed by atoms with Gasteiger partial charge in [-0.2, -0.15) is 4.98 Å². The summed E-state index contributed by atoms with van der Waals surface area (Å²) in [5, 5.41) is 3.94. The van der Waals surface area contributed by atoms with Gasteiger partial charge in [-0.3, -0.25) is 4.90 Å². The van der Waals surface area contributed by atoms with Gasteiger partial charge in [0.2, 0.25) is 5.71 Å². The predicted molar refractivity (Wildman–Crippen MR) is 115 cm³/mol. The number of furan rings is 2. The van der Waals surface area contributed by atoms with Gasteiger partial charge in [-0.05, 0) is 46.2 Å². The van der Waals surface area contributed by atoms with Crippen LogP contribution in [0.2, 0.25) is 0 Å². The van der Waals surface area contributed by atoms with Gasteiger partial charge in [-0.25, -0.2) is 9.78 Å². The van der Waals surface area contributed by atoms with Crippen molar-refractivity contribution in [3.05, 3.63) is 41.3 Å². The number of aryl methyl sites for hydroxylation is 2. The minimum Gasteiger partial charge on any atom is -0.468 e. The molecule has 3 heterocycles. The number of nitrogens with zero attached hydrogens (tertiary/aromatic N) is 3. The van der Waals surface area contributed by atoms with Crippen molar-refractivity contribution in [3.63, 3.8) is 0 Å². The van der Waals surface area contributed by atoms with Crippen LogP contribution in [0.5, 0.6) is 0 Å². The first kappa shape index (κ1) is 21.8. The highest BCUT2D eigenvalue weighted by molar-refractivity contribution is 6.07. The normalized spacial score (nSPS) is 12.5. The van der Waals surface area contributed by atoms with Crippen molar-refractivity contribution in [2.45, 2.75) is 53.6 Å². The molecule has 0 fully saturated rings. The molecule has 162 valence electrons. The molecule has 0 aliphatic heterocycles. The monoisotopic (exact) mass is 414 g/mol. The van der Waals surface area contributed by atoms with Crippen molar-refractivity contribution in [2.24, 2.45) is 0 Å². The smallest absolute Gasteiger partial charge is 0.342 e. The summed E-state index contributed by atoms with van der Waals surface area (Å²) in [5.41, 5.74) is 0.767. The van der Waals surface area contributed by atoms with E-state index in [4.69, 9.17) is 13.6 Å². The van der Waals surface area contributed by atoms with Gasteiger partial charge in [0, 0.05) is 19.1 Å². The highest BCUT2D eigenvalue weighted by Crippen LogP contribution is 2.30. The van der Waals surface area contributed by atoms with Gasteiger partial charge >= 0.3 is 5.97 Å². The first-order chi connectivity index (χ1) is 14.4. The Bertz CT molecular complexity index is 981. The molecule has 0 radical (unpaired) electrons. The third-order valence-corrected chi connectivity index (χ3v) is 5.16. The van der Waals surface area contributed by atoms with E-state index >= 15 is 0 Å². The molecule has 1 N–H and O–H groups in total. The van der Waals surface area contributed by atoms with E-state index in [1.165, 1.54) is 0 Å². The van der Waals surface area contributed by atoms with Crippen molar-refractivity contribution in [1.29, 1.82) is 0 Å². The molecule has 8 nitrogen and oxygen atoms in total. The van der Waals surface area contributed by atoms with Crippen molar-refractivity contribution >= 4 is 22.9 Å². The summed E-state index contributed by atoms with van der Waals surface area (Å²) in [4.78, 5) is 23.7. The van der Waals surface area contributed by atoms with Gasteiger partial charge < -0.3 is 18.9 Å². The number of aromatic nitrogens is 2. The number of anilines is 1. The zero-order chi connectivity index (χ0) is 21.7. The summed E-state index contributed by atoms with van der Waals surface area (Å²) in [7, 11) is 0. The van der Waals surface area contributed by atoms with Crippen molar-refractivity contribution < 1.29 is 18.4 Å². The van der Waals surface area contributed by atoms with Gasteiger partial charge in [0.05, 0.1) is 24.8 Å². The van der Waals surface area contributed by atoms with E-state index < -0.39 is 5.97 Å². The zero-order valence-corrected chi connectivity index (χ0v) is 18.3. The number of hydrogen-bond donors (Lipinski definition) is 1. The number of rotatable bonds is 10. The van der Waals surface area contributed by atoms with Crippen LogP contribution >= 0.6 is 0 Å². The van der Waals surface area contributed by atoms with Crippen LogP contribution in [0.3, 0.4) is 0 Å². The lowest BCUT2D eigenvalue weighted by atomic mass is 10.2. The molecule has 0 spiro atoms. The SMILES string of the molecule is CCOC(=O)c1c(C)oc2nc(C)nc(NCCN(Cc3ccco3)[C@H](C)CC)c12. The summed E-state index contributed by atoms with van der Waals surface area (Å²) in [6, 6.07) is 4.29. The maximum absolute atomic E-state index is 12.5. The first-order valence-corrected chi connectivity index (χ1v) is 10.4. The number of fused-ring (bicyclic) bond motifs is 1. The fourth-order valence-corrected chi connectivity index (χ4v) is 3.43. The average Bonchev–Trinajstić information content (AvgIpc) is 3.33. The quantitative estimate of drug-likeness (QED) is 0.490. The van der Waals surface area contributed by atoms with Gasteiger partial charge in [0.25, 0.3) is 0 Å². The minimum absolute atomic E-state index is 0.289. The molecular weight excluding hydrogens is 384 g/mol. The molecule has 8 heteroatoms. The van der Waals surface area contributed by atoms with Gasteiger partial charge in [0.15, 0.2) is 0 Å². The van der Waals surface area contributed by atoms with Crippen molar-refractivity contribution in [1.82, 2.24) is 14.9 Å². The number of hydrogen-bond acceptors (Lipinski definition) is 8. The zero-order valence-electron chi connectivity index (χ0n) is 18.3. The molecule has 0 aliphatic carbocycles. The molecule has 0 aromatic carbocycles. The summed E-state index contributed by atoms with van der Waals surface area (Å²) >= 11 is 0. The molecule has 0 aliphatic rings. The maximum atomic E-state index is 12.5. The van der Waals surface area contributed by atoms with Crippen molar-refractivity contribution in [3.8, 4) is 0 Å². The second-order valence-electron chi connectivity index (χ2n) is 7.29. The topological polar surface area (TPSA) is 93.6 Å². The molecule has 0 saturated carbocycles. The van der Waals surface area contributed by atoms with Crippen LogP contribution in [0.1, 0.15) is 54.9 Å². The Morgan fingerprint density at radius 1 is 1.30 bits per heavy atom. The largest absolute Gasteiger partial charge is 0.468 e. The Labute approximate surface area is 176 Å². The van der Waals surface area contributed by atoms with E-state index in [1.54, 1.807) is 27.0 Å². The number of nitrogens with one attached hydrogen (secondary N) is 1. The molecule has 0 bridgehead atoms. The number of ether oxygens (including phenoxy) is 1.